The molecule has 7 nitrogen and oxygen atoms in total. The lowest BCUT2D eigenvalue weighted by molar-refractivity contribution is -0.139. The molecule has 2 atom stereocenters. The van der Waals surface area contributed by atoms with Crippen LogP contribution in [0.15, 0.2) is 18.2 Å². The molecule has 0 radical (unpaired) electrons. The van der Waals surface area contributed by atoms with Crippen LogP contribution in [0.5, 0.6) is 0 Å². The first-order chi connectivity index (χ1) is 14.0. The van der Waals surface area contributed by atoms with Gasteiger partial charge >= 0.3 is 6.03 Å². The summed E-state index contributed by atoms with van der Waals surface area (Å²) < 4.78 is 24.6. The van der Waals surface area contributed by atoms with Crippen LogP contribution in [0.2, 0.25) is 5.02 Å². The number of benzene rings is 1. The van der Waals surface area contributed by atoms with E-state index in [0.29, 0.717) is 37.8 Å². The summed E-state index contributed by atoms with van der Waals surface area (Å²) in [4.78, 5) is 28.1. The van der Waals surface area contributed by atoms with Crippen molar-refractivity contribution in [1.82, 2.24) is 15.1 Å². The van der Waals surface area contributed by atoms with Crippen LogP contribution in [0.1, 0.15) is 24.8 Å². The SMILES string of the molecule is O=C1CO[C@H]2CCN(C(=O)N3CCC(OCc4ccc(F)cc4Cl)CC3)C[C@H]2N1. The van der Waals surface area contributed by atoms with Gasteiger partial charge in [0.2, 0.25) is 5.91 Å². The minimum Gasteiger partial charge on any atom is -0.373 e. The maximum Gasteiger partial charge on any atom is 0.320 e. The highest BCUT2D eigenvalue weighted by atomic mass is 35.5. The van der Waals surface area contributed by atoms with Crippen molar-refractivity contribution in [2.75, 3.05) is 32.8 Å². The van der Waals surface area contributed by atoms with Crippen molar-refractivity contribution in [3.63, 3.8) is 0 Å². The highest BCUT2D eigenvalue weighted by Crippen LogP contribution is 2.23. The molecule has 3 aliphatic heterocycles. The molecule has 3 aliphatic rings. The van der Waals surface area contributed by atoms with Crippen LogP contribution < -0.4 is 5.32 Å². The molecule has 0 saturated carbocycles. The Labute approximate surface area is 174 Å². The fourth-order valence-corrected chi connectivity index (χ4v) is 4.36. The molecule has 3 saturated heterocycles. The maximum absolute atomic E-state index is 13.1. The number of piperidine rings is 2. The number of rotatable bonds is 3. The van der Waals surface area contributed by atoms with Gasteiger partial charge in [-0.05, 0) is 37.0 Å². The summed E-state index contributed by atoms with van der Waals surface area (Å²) in [5, 5.41) is 3.28. The number of amides is 3. The second-order valence-electron chi connectivity index (χ2n) is 7.77. The van der Waals surface area contributed by atoms with E-state index < -0.39 is 0 Å². The molecule has 1 N–H and O–H groups in total. The summed E-state index contributed by atoms with van der Waals surface area (Å²) in [5.41, 5.74) is 0.756. The van der Waals surface area contributed by atoms with Gasteiger partial charge in [-0.1, -0.05) is 17.7 Å². The third kappa shape index (κ3) is 4.82. The zero-order valence-electron chi connectivity index (χ0n) is 16.1. The van der Waals surface area contributed by atoms with Gasteiger partial charge in [0, 0.05) is 31.2 Å². The molecule has 1 aromatic carbocycles. The Hall–Kier alpha value is -1.90. The number of morpholine rings is 1. The summed E-state index contributed by atoms with van der Waals surface area (Å²) in [5.74, 6) is -0.492. The minimum atomic E-state index is -0.367. The van der Waals surface area contributed by atoms with E-state index in [-0.39, 0.29) is 42.6 Å². The van der Waals surface area contributed by atoms with Gasteiger partial charge in [0.15, 0.2) is 0 Å². The first kappa shape index (κ1) is 20.4. The van der Waals surface area contributed by atoms with Gasteiger partial charge in [-0.2, -0.15) is 0 Å². The number of hydrogen-bond donors (Lipinski definition) is 1. The Morgan fingerprint density at radius 1 is 1.24 bits per heavy atom. The summed E-state index contributed by atoms with van der Waals surface area (Å²) >= 11 is 6.04. The Morgan fingerprint density at radius 2 is 2.00 bits per heavy atom. The number of carbonyl (C=O) groups excluding carboxylic acids is 2. The summed E-state index contributed by atoms with van der Waals surface area (Å²) in [7, 11) is 0. The highest BCUT2D eigenvalue weighted by molar-refractivity contribution is 6.31. The van der Waals surface area contributed by atoms with Crippen molar-refractivity contribution in [3.8, 4) is 0 Å². The predicted octanol–water partition coefficient (Wildman–Crippen LogP) is 2.17. The van der Waals surface area contributed by atoms with E-state index in [9.17, 15) is 14.0 Å². The fraction of sp³-hybridized carbons (Fsp3) is 0.600. The van der Waals surface area contributed by atoms with E-state index in [1.807, 2.05) is 4.90 Å². The van der Waals surface area contributed by atoms with Gasteiger partial charge in [0.05, 0.1) is 24.9 Å². The van der Waals surface area contributed by atoms with Crippen LogP contribution in [0, 0.1) is 5.82 Å². The standard InChI is InChI=1S/C20H25ClFN3O4/c21-16-9-14(22)2-1-13(16)11-28-15-3-6-24(7-4-15)20(27)25-8-5-18-17(10-25)23-19(26)12-29-18/h1-2,9,15,17-18H,3-8,10-12H2,(H,23,26)/t17-,18+/m1/s1. The molecule has 29 heavy (non-hydrogen) atoms. The predicted molar refractivity (Wildman–Crippen MR) is 104 cm³/mol. The first-order valence-corrected chi connectivity index (χ1v) is 10.4. The van der Waals surface area contributed by atoms with Gasteiger partial charge in [-0.25, -0.2) is 9.18 Å². The van der Waals surface area contributed by atoms with Crippen molar-refractivity contribution in [1.29, 1.82) is 0 Å². The third-order valence-corrected chi connectivity index (χ3v) is 6.15. The van der Waals surface area contributed by atoms with Crippen LogP contribution in [0.4, 0.5) is 9.18 Å². The molecule has 0 spiro atoms. The Bertz CT molecular complexity index is 772. The molecule has 0 aliphatic carbocycles. The van der Waals surface area contributed by atoms with Gasteiger partial charge in [0.1, 0.15) is 12.4 Å². The molecule has 0 unspecified atom stereocenters. The molecule has 4 rings (SSSR count). The molecular formula is C20H25ClFN3O4. The monoisotopic (exact) mass is 425 g/mol. The van der Waals surface area contributed by atoms with E-state index in [0.717, 1.165) is 24.8 Å². The summed E-state index contributed by atoms with van der Waals surface area (Å²) in [6, 6.07) is 4.16. The van der Waals surface area contributed by atoms with E-state index in [2.05, 4.69) is 5.32 Å². The average molecular weight is 426 g/mol. The number of nitrogens with one attached hydrogen (secondary N) is 1. The second-order valence-corrected chi connectivity index (χ2v) is 8.18. The van der Waals surface area contributed by atoms with Crippen molar-refractivity contribution >= 4 is 23.5 Å². The summed E-state index contributed by atoms with van der Waals surface area (Å²) in [6.07, 6.45) is 2.25. The minimum absolute atomic E-state index is 0.00306. The molecule has 1 aromatic rings. The number of hydrogen-bond acceptors (Lipinski definition) is 4. The fourth-order valence-electron chi connectivity index (χ4n) is 4.13. The van der Waals surface area contributed by atoms with Crippen molar-refractivity contribution in [3.05, 3.63) is 34.6 Å². The molecule has 158 valence electrons. The van der Waals surface area contributed by atoms with Gasteiger partial charge < -0.3 is 24.6 Å². The first-order valence-electron chi connectivity index (χ1n) is 10.00. The van der Waals surface area contributed by atoms with Gasteiger partial charge in [0.25, 0.3) is 0 Å². The number of carbonyl (C=O) groups is 2. The average Bonchev–Trinajstić information content (AvgIpc) is 2.72. The number of fused-ring (bicyclic) bond motifs is 1. The molecule has 3 heterocycles. The van der Waals surface area contributed by atoms with Gasteiger partial charge in [-0.3, -0.25) is 4.79 Å². The number of ether oxygens (including phenoxy) is 2. The maximum atomic E-state index is 13.1. The lowest BCUT2D eigenvalue weighted by Gasteiger charge is -2.43. The van der Waals surface area contributed by atoms with E-state index in [1.165, 1.54) is 12.1 Å². The largest absolute Gasteiger partial charge is 0.373 e. The van der Waals surface area contributed by atoms with Crippen LogP contribution in [-0.2, 0) is 20.9 Å². The van der Waals surface area contributed by atoms with Crippen LogP contribution in [0.3, 0.4) is 0 Å². The Balaban J connectivity index is 1.24. The van der Waals surface area contributed by atoms with Crippen LogP contribution >= 0.6 is 11.6 Å². The van der Waals surface area contributed by atoms with Crippen molar-refractivity contribution in [2.45, 2.75) is 44.1 Å². The smallest absolute Gasteiger partial charge is 0.320 e. The van der Waals surface area contributed by atoms with E-state index in [4.69, 9.17) is 21.1 Å². The molecule has 9 heteroatoms. The zero-order valence-corrected chi connectivity index (χ0v) is 16.9. The number of likely N-dealkylation sites (tertiary alicyclic amines) is 2. The third-order valence-electron chi connectivity index (χ3n) is 5.80. The van der Waals surface area contributed by atoms with Crippen molar-refractivity contribution < 1.29 is 23.5 Å². The van der Waals surface area contributed by atoms with E-state index >= 15 is 0 Å². The Kier molecular flexibility index (Phi) is 6.22. The Morgan fingerprint density at radius 3 is 2.76 bits per heavy atom. The zero-order chi connectivity index (χ0) is 20.4. The highest BCUT2D eigenvalue weighted by Gasteiger charge is 2.38. The number of nitrogens with zero attached hydrogens (tertiary/aromatic N) is 2. The molecule has 3 amide bonds. The van der Waals surface area contributed by atoms with Crippen LogP contribution in [0.25, 0.3) is 0 Å². The lowest BCUT2D eigenvalue weighted by atomic mass is 10.0. The normalized spacial score (nSPS) is 25.5. The summed E-state index contributed by atoms with van der Waals surface area (Å²) in [6.45, 7) is 2.78. The molecular weight excluding hydrogens is 401 g/mol. The molecule has 0 bridgehead atoms. The second kappa shape index (κ2) is 8.85. The van der Waals surface area contributed by atoms with Crippen LogP contribution in [-0.4, -0.2) is 72.8 Å². The number of urea groups is 1. The molecule has 3 fully saturated rings. The van der Waals surface area contributed by atoms with Gasteiger partial charge in [-0.15, -0.1) is 0 Å². The number of halogens is 2. The quantitative estimate of drug-likeness (QED) is 0.805. The molecule has 0 aromatic heterocycles. The van der Waals surface area contributed by atoms with Crippen molar-refractivity contribution in [2.24, 2.45) is 0 Å². The topological polar surface area (TPSA) is 71.1 Å². The lowest BCUT2D eigenvalue weighted by Crippen LogP contribution is -2.62. The van der Waals surface area contributed by atoms with E-state index in [1.54, 1.807) is 11.0 Å².